The van der Waals surface area contributed by atoms with Gasteiger partial charge in [-0.15, -0.1) is 0 Å². The number of halogens is 1. The largest absolute Gasteiger partial charge is 0.390 e. The van der Waals surface area contributed by atoms with Crippen molar-refractivity contribution in [2.24, 2.45) is 11.3 Å². The van der Waals surface area contributed by atoms with Crippen LogP contribution in [0.2, 0.25) is 0 Å². The van der Waals surface area contributed by atoms with E-state index < -0.39 is 21.1 Å². The number of aliphatic hydroxyl groups excluding tert-OH is 1. The Morgan fingerprint density at radius 2 is 1.81 bits per heavy atom. The minimum atomic E-state index is -3.01. The molecule has 0 amide bonds. The molecule has 3 aliphatic rings. The molecule has 3 aromatic rings. The molecule has 9 nitrogen and oxygen atoms in total. The minimum absolute atomic E-state index is 0.0973. The Bertz CT molecular complexity index is 1610. The topological polar surface area (TPSA) is 129 Å². The number of nitriles is 1. The molecular weight excluding hydrogens is 557 g/mol. The number of aromatic nitrogens is 3. The average molecular weight is 592 g/mol. The van der Waals surface area contributed by atoms with Crippen molar-refractivity contribution < 1.29 is 22.7 Å². The summed E-state index contributed by atoms with van der Waals surface area (Å²) in [6.45, 7) is 0.508. The molecule has 2 aliphatic carbocycles. The fourth-order valence-electron chi connectivity index (χ4n) is 6.47. The van der Waals surface area contributed by atoms with E-state index in [4.69, 9.17) is 5.10 Å². The number of Topliss-reactive ketones (excluding diaryl/α,β-unsaturated/α-hetero) is 1. The number of carbonyl (C=O) groups excluding carboxylic acids is 1. The Hall–Kier alpha value is -3.62. The quantitative estimate of drug-likeness (QED) is 0.410. The first kappa shape index (κ1) is 28.5. The van der Waals surface area contributed by atoms with Crippen molar-refractivity contribution in [3.05, 3.63) is 59.8 Å². The molecule has 1 saturated heterocycles. The smallest absolute Gasteiger partial charge is 0.153 e. The van der Waals surface area contributed by atoms with Crippen molar-refractivity contribution in [1.82, 2.24) is 14.8 Å². The van der Waals surface area contributed by atoms with E-state index in [1.807, 2.05) is 29.2 Å². The van der Waals surface area contributed by atoms with Gasteiger partial charge in [0.15, 0.2) is 15.7 Å². The zero-order valence-electron chi connectivity index (χ0n) is 23.4. The molecule has 2 saturated carbocycles. The second kappa shape index (κ2) is 11.2. The highest BCUT2D eigenvalue weighted by molar-refractivity contribution is 7.91. The van der Waals surface area contributed by atoms with Gasteiger partial charge in [0.25, 0.3) is 0 Å². The van der Waals surface area contributed by atoms with Gasteiger partial charge in [0.1, 0.15) is 11.6 Å². The second-order valence-electron chi connectivity index (χ2n) is 11.8. The summed E-state index contributed by atoms with van der Waals surface area (Å²) >= 11 is 0. The van der Waals surface area contributed by atoms with E-state index in [9.17, 15) is 28.0 Å². The summed E-state index contributed by atoms with van der Waals surface area (Å²) in [4.78, 5) is 19.9. The normalized spacial score (nSPS) is 22.8. The Morgan fingerprint density at radius 1 is 1.10 bits per heavy atom. The lowest BCUT2D eigenvalue weighted by Gasteiger charge is -2.31. The van der Waals surface area contributed by atoms with Gasteiger partial charge >= 0.3 is 0 Å². The van der Waals surface area contributed by atoms with Crippen LogP contribution in [0.25, 0.3) is 16.9 Å². The molecule has 0 spiro atoms. The summed E-state index contributed by atoms with van der Waals surface area (Å²) < 4.78 is 39.1. The molecule has 220 valence electrons. The SMILES string of the molecule is N#CC1(CC(=O)[C@@H]2CCCC[C@H]2c2nn(-c3ccc(F)cn3)c(CO)c2-c2ccc(N3CCS(=O)(=O)CC3)cc2)CC1. The van der Waals surface area contributed by atoms with Gasteiger partial charge in [-0.2, -0.15) is 10.4 Å². The van der Waals surface area contributed by atoms with Crippen LogP contribution in [-0.2, 0) is 21.2 Å². The highest BCUT2D eigenvalue weighted by Gasteiger charge is 2.47. The van der Waals surface area contributed by atoms with Crippen molar-refractivity contribution in [2.75, 3.05) is 29.5 Å². The molecule has 2 atom stereocenters. The van der Waals surface area contributed by atoms with Crippen molar-refractivity contribution in [2.45, 2.75) is 57.5 Å². The van der Waals surface area contributed by atoms with E-state index in [0.717, 1.165) is 61.5 Å². The van der Waals surface area contributed by atoms with Crippen LogP contribution in [0, 0.1) is 28.5 Å². The fourth-order valence-corrected chi connectivity index (χ4v) is 7.67. The molecule has 11 heteroatoms. The van der Waals surface area contributed by atoms with Crippen LogP contribution in [0.5, 0.6) is 0 Å². The molecule has 3 fully saturated rings. The highest BCUT2D eigenvalue weighted by atomic mass is 32.2. The summed E-state index contributed by atoms with van der Waals surface area (Å²) in [5, 5.41) is 25.2. The lowest BCUT2D eigenvalue weighted by molar-refractivity contribution is -0.125. The summed E-state index contributed by atoms with van der Waals surface area (Å²) in [5.41, 5.74) is 3.10. The van der Waals surface area contributed by atoms with Gasteiger partial charge in [-0.1, -0.05) is 25.0 Å². The third-order valence-corrected chi connectivity index (χ3v) is 10.7. The summed E-state index contributed by atoms with van der Waals surface area (Å²) in [7, 11) is -3.01. The molecular formula is C31H34FN5O4S. The fraction of sp³-hybridized carbons (Fsp3) is 0.484. The lowest BCUT2D eigenvalue weighted by Crippen LogP contribution is -2.40. The summed E-state index contributed by atoms with van der Waals surface area (Å²) in [5.74, 6) is -0.268. The van der Waals surface area contributed by atoms with Crippen LogP contribution in [0.3, 0.4) is 0 Å². The number of anilines is 1. The Morgan fingerprint density at radius 3 is 2.43 bits per heavy atom. The molecule has 0 bridgehead atoms. The summed E-state index contributed by atoms with van der Waals surface area (Å²) in [6.07, 6.45) is 6.21. The molecule has 1 N–H and O–H groups in total. The number of sulfone groups is 1. The first-order chi connectivity index (χ1) is 20.2. The Kier molecular flexibility index (Phi) is 7.62. The van der Waals surface area contributed by atoms with Crippen LogP contribution >= 0.6 is 0 Å². The molecule has 0 unspecified atom stereocenters. The molecule has 42 heavy (non-hydrogen) atoms. The van der Waals surface area contributed by atoms with Crippen LogP contribution in [-0.4, -0.2) is 58.7 Å². The minimum Gasteiger partial charge on any atom is -0.390 e. The van der Waals surface area contributed by atoms with Crippen LogP contribution in [0.15, 0.2) is 42.6 Å². The standard InChI is InChI=1S/C31H34FN5O4S/c32-22-7-10-28(34-18-22)37-26(19-38)29(21-5-8-23(9-6-21)36-13-15-42(40,41)16-14-36)30(35-37)25-4-2-1-3-24(25)27(39)17-31(20-33)11-12-31/h5-10,18,24-25,38H,1-4,11-17,19H2/t24-,25-/m1/s1. The molecule has 0 radical (unpaired) electrons. The molecule has 6 rings (SSSR count). The van der Waals surface area contributed by atoms with Gasteiger partial charge in [0.05, 0.1) is 47.2 Å². The Balaban J connectivity index is 1.41. The van der Waals surface area contributed by atoms with Crippen LogP contribution in [0.1, 0.15) is 62.3 Å². The molecule has 1 aliphatic heterocycles. The van der Waals surface area contributed by atoms with Gasteiger partial charge < -0.3 is 10.0 Å². The monoisotopic (exact) mass is 591 g/mol. The van der Waals surface area contributed by atoms with Crippen molar-refractivity contribution in [3.63, 3.8) is 0 Å². The van der Waals surface area contributed by atoms with Crippen molar-refractivity contribution in [3.8, 4) is 23.0 Å². The first-order valence-electron chi connectivity index (χ1n) is 14.6. The van der Waals surface area contributed by atoms with Gasteiger partial charge in [0.2, 0.25) is 0 Å². The van der Waals surface area contributed by atoms with Crippen molar-refractivity contribution in [1.29, 1.82) is 5.26 Å². The third-order valence-electron chi connectivity index (χ3n) is 9.09. The number of carbonyl (C=O) groups is 1. The van der Waals surface area contributed by atoms with E-state index in [1.54, 1.807) is 4.68 Å². The van der Waals surface area contributed by atoms with E-state index in [2.05, 4.69) is 11.1 Å². The number of aliphatic hydroxyl groups is 1. The zero-order valence-corrected chi connectivity index (χ0v) is 24.2. The average Bonchev–Trinajstić information content (AvgIpc) is 3.67. The Labute approximate surface area is 244 Å². The van der Waals surface area contributed by atoms with Crippen LogP contribution < -0.4 is 4.90 Å². The van der Waals surface area contributed by atoms with Gasteiger partial charge in [-0.25, -0.2) is 22.5 Å². The number of ketones is 1. The van der Waals surface area contributed by atoms with Gasteiger partial charge in [0, 0.05) is 42.6 Å². The van der Waals surface area contributed by atoms with E-state index in [1.165, 1.54) is 12.1 Å². The predicted molar refractivity (Wildman–Crippen MR) is 155 cm³/mol. The van der Waals surface area contributed by atoms with Crippen molar-refractivity contribution >= 4 is 21.3 Å². The van der Waals surface area contributed by atoms with E-state index >= 15 is 0 Å². The maximum absolute atomic E-state index is 13.7. The van der Waals surface area contributed by atoms with E-state index in [0.29, 0.717) is 30.3 Å². The lowest BCUT2D eigenvalue weighted by atomic mass is 9.72. The molecule has 2 aromatic heterocycles. The number of hydrogen-bond acceptors (Lipinski definition) is 8. The first-order valence-corrected chi connectivity index (χ1v) is 16.4. The molecule has 3 heterocycles. The van der Waals surface area contributed by atoms with Crippen LogP contribution in [0.4, 0.5) is 10.1 Å². The maximum atomic E-state index is 13.7. The number of nitrogens with zero attached hydrogens (tertiary/aromatic N) is 5. The maximum Gasteiger partial charge on any atom is 0.153 e. The number of benzene rings is 1. The van der Waals surface area contributed by atoms with E-state index in [-0.39, 0.29) is 42.2 Å². The number of hydrogen-bond donors (Lipinski definition) is 1. The van der Waals surface area contributed by atoms with Gasteiger partial charge in [-0.3, -0.25) is 4.79 Å². The second-order valence-corrected chi connectivity index (χ2v) is 14.1. The van der Waals surface area contributed by atoms with Gasteiger partial charge in [-0.05, 0) is 55.5 Å². The number of rotatable bonds is 8. The summed E-state index contributed by atoms with van der Waals surface area (Å²) in [6, 6.07) is 12.9. The molecule has 1 aromatic carbocycles. The highest BCUT2D eigenvalue weighted by Crippen LogP contribution is 2.51. The third kappa shape index (κ3) is 5.57. The number of pyridine rings is 1. The zero-order chi connectivity index (χ0) is 29.5. The predicted octanol–water partition coefficient (Wildman–Crippen LogP) is 4.34.